The number of pyridine rings is 1. The third kappa shape index (κ3) is 1.61. The summed E-state index contributed by atoms with van der Waals surface area (Å²) in [6.45, 7) is 1.86. The van der Waals surface area contributed by atoms with E-state index in [9.17, 15) is 0 Å². The van der Waals surface area contributed by atoms with E-state index >= 15 is 0 Å². The van der Waals surface area contributed by atoms with Gasteiger partial charge in [0.05, 0.1) is 10.7 Å². The second-order valence-corrected chi connectivity index (χ2v) is 2.72. The smallest absolute Gasteiger partial charge is 0.0621 e. The van der Waals surface area contributed by atoms with E-state index in [1.165, 1.54) is 0 Å². The fourth-order valence-electron chi connectivity index (χ4n) is 0.619. The molecule has 0 bridgehead atoms. The molecule has 3 heteroatoms. The van der Waals surface area contributed by atoms with Crippen molar-refractivity contribution in [3.05, 3.63) is 28.5 Å². The van der Waals surface area contributed by atoms with Gasteiger partial charge in [-0.2, -0.15) is 0 Å². The van der Waals surface area contributed by atoms with Crippen molar-refractivity contribution in [2.45, 2.75) is 12.8 Å². The maximum Gasteiger partial charge on any atom is 0.0621 e. The van der Waals surface area contributed by atoms with Crippen LogP contribution in [0.25, 0.3) is 0 Å². The van der Waals surface area contributed by atoms with Crippen molar-refractivity contribution in [3.63, 3.8) is 0 Å². The summed E-state index contributed by atoms with van der Waals surface area (Å²) < 4.78 is 0. The summed E-state index contributed by atoms with van der Waals surface area (Å²) >= 11 is 11.3. The highest BCUT2D eigenvalue weighted by atomic mass is 35.5. The molecule has 0 saturated carbocycles. The third-order valence-electron chi connectivity index (χ3n) is 1.24. The molecule has 0 radical (unpaired) electrons. The van der Waals surface area contributed by atoms with Gasteiger partial charge in [0.25, 0.3) is 0 Å². The SMILES string of the molecule is Cc1ncc(CCl)cc1Cl. The number of halogens is 2. The van der Waals surface area contributed by atoms with Gasteiger partial charge in [-0.05, 0) is 18.6 Å². The highest BCUT2D eigenvalue weighted by Crippen LogP contribution is 2.14. The largest absolute Gasteiger partial charge is 0.260 e. The first-order valence-corrected chi connectivity index (χ1v) is 3.82. The van der Waals surface area contributed by atoms with Crippen LogP contribution in [0.1, 0.15) is 11.3 Å². The normalized spacial score (nSPS) is 9.90. The molecule has 1 aromatic rings. The summed E-state index contributed by atoms with van der Waals surface area (Å²) in [4.78, 5) is 4.03. The molecule has 0 aliphatic rings. The number of nitrogens with zero attached hydrogens (tertiary/aromatic N) is 1. The van der Waals surface area contributed by atoms with E-state index in [4.69, 9.17) is 23.2 Å². The van der Waals surface area contributed by atoms with Crippen LogP contribution in [0.15, 0.2) is 12.3 Å². The molecule has 0 saturated heterocycles. The summed E-state index contributed by atoms with van der Waals surface area (Å²) in [5, 5.41) is 0.679. The Morgan fingerprint density at radius 1 is 1.60 bits per heavy atom. The third-order valence-corrected chi connectivity index (χ3v) is 1.93. The lowest BCUT2D eigenvalue weighted by Gasteiger charge is -1.97. The van der Waals surface area contributed by atoms with Gasteiger partial charge in [-0.1, -0.05) is 11.6 Å². The van der Waals surface area contributed by atoms with Gasteiger partial charge in [-0.25, -0.2) is 0 Å². The molecule has 0 unspecified atom stereocenters. The molecule has 1 heterocycles. The van der Waals surface area contributed by atoms with Gasteiger partial charge in [0.1, 0.15) is 0 Å². The van der Waals surface area contributed by atoms with Gasteiger partial charge < -0.3 is 0 Å². The lowest BCUT2D eigenvalue weighted by molar-refractivity contribution is 1.16. The number of aromatic nitrogens is 1. The second-order valence-electron chi connectivity index (χ2n) is 2.04. The van der Waals surface area contributed by atoms with Crippen LogP contribution in [0.2, 0.25) is 5.02 Å². The number of rotatable bonds is 1. The van der Waals surface area contributed by atoms with Crippen LogP contribution in [-0.2, 0) is 5.88 Å². The Balaban J connectivity index is 3.04. The molecular weight excluding hydrogens is 169 g/mol. The molecule has 10 heavy (non-hydrogen) atoms. The Bertz CT molecular complexity index is 235. The fourth-order valence-corrected chi connectivity index (χ4v) is 0.954. The first kappa shape index (κ1) is 7.83. The Kier molecular flexibility index (Phi) is 2.52. The Morgan fingerprint density at radius 2 is 2.30 bits per heavy atom. The molecule has 0 aromatic carbocycles. The summed E-state index contributed by atoms with van der Waals surface area (Å²) in [5.74, 6) is 0.465. The number of alkyl halides is 1. The van der Waals surface area contributed by atoms with E-state index in [1.54, 1.807) is 6.20 Å². The maximum absolute atomic E-state index is 5.77. The molecule has 0 spiro atoms. The van der Waals surface area contributed by atoms with Gasteiger partial charge >= 0.3 is 0 Å². The molecule has 0 aliphatic heterocycles. The molecule has 1 aromatic heterocycles. The highest BCUT2D eigenvalue weighted by Gasteiger charge is 1.96. The minimum Gasteiger partial charge on any atom is -0.260 e. The minimum atomic E-state index is 0.465. The Hall–Kier alpha value is -0.270. The van der Waals surface area contributed by atoms with E-state index < -0.39 is 0 Å². The number of aryl methyl sites for hydroxylation is 1. The first-order valence-electron chi connectivity index (χ1n) is 2.91. The summed E-state index contributed by atoms with van der Waals surface area (Å²) in [5.41, 5.74) is 1.80. The number of hydrogen-bond acceptors (Lipinski definition) is 1. The van der Waals surface area contributed by atoms with Crippen LogP contribution in [0.5, 0.6) is 0 Å². The van der Waals surface area contributed by atoms with Crippen molar-refractivity contribution in [2.24, 2.45) is 0 Å². The molecule has 0 aliphatic carbocycles. The average Bonchev–Trinajstić information content (AvgIpc) is 1.95. The van der Waals surface area contributed by atoms with E-state index in [0.29, 0.717) is 10.9 Å². The van der Waals surface area contributed by atoms with E-state index in [1.807, 2.05) is 13.0 Å². The summed E-state index contributed by atoms with van der Waals surface area (Å²) in [6.07, 6.45) is 1.73. The molecule has 0 fully saturated rings. The molecule has 0 amide bonds. The van der Waals surface area contributed by atoms with Gasteiger partial charge in [-0.3, -0.25) is 4.98 Å². The van der Waals surface area contributed by atoms with Crippen LogP contribution < -0.4 is 0 Å². The van der Waals surface area contributed by atoms with Gasteiger partial charge in [0.15, 0.2) is 0 Å². The van der Waals surface area contributed by atoms with Crippen LogP contribution in [0, 0.1) is 6.92 Å². The van der Waals surface area contributed by atoms with E-state index in [2.05, 4.69) is 4.98 Å². The van der Waals surface area contributed by atoms with Gasteiger partial charge in [0.2, 0.25) is 0 Å². The molecule has 1 nitrogen and oxygen atoms in total. The maximum atomic E-state index is 5.77. The van der Waals surface area contributed by atoms with Crippen molar-refractivity contribution < 1.29 is 0 Å². The Morgan fingerprint density at radius 3 is 2.80 bits per heavy atom. The molecular formula is C7H7Cl2N. The topological polar surface area (TPSA) is 12.9 Å². The summed E-state index contributed by atoms with van der Waals surface area (Å²) in [6, 6.07) is 1.83. The quantitative estimate of drug-likeness (QED) is 0.599. The van der Waals surface area contributed by atoms with Crippen molar-refractivity contribution in [3.8, 4) is 0 Å². The van der Waals surface area contributed by atoms with Crippen LogP contribution in [0.4, 0.5) is 0 Å². The minimum absolute atomic E-state index is 0.465. The lowest BCUT2D eigenvalue weighted by Crippen LogP contribution is -1.85. The second kappa shape index (κ2) is 3.22. The van der Waals surface area contributed by atoms with Crippen molar-refractivity contribution >= 4 is 23.2 Å². The predicted octanol–water partition coefficient (Wildman–Crippen LogP) is 2.78. The monoisotopic (exact) mass is 175 g/mol. The molecule has 0 N–H and O–H groups in total. The van der Waals surface area contributed by atoms with Crippen LogP contribution in [-0.4, -0.2) is 4.98 Å². The van der Waals surface area contributed by atoms with Crippen molar-refractivity contribution in [1.82, 2.24) is 4.98 Å². The molecule has 54 valence electrons. The molecule has 0 atom stereocenters. The highest BCUT2D eigenvalue weighted by molar-refractivity contribution is 6.31. The standard InChI is InChI=1S/C7H7Cl2N/c1-5-7(9)2-6(3-8)4-10-5/h2,4H,3H2,1H3. The van der Waals surface area contributed by atoms with Crippen LogP contribution in [0.3, 0.4) is 0 Å². The van der Waals surface area contributed by atoms with Gasteiger partial charge in [0, 0.05) is 12.1 Å². The zero-order valence-electron chi connectivity index (χ0n) is 5.56. The van der Waals surface area contributed by atoms with Crippen molar-refractivity contribution in [2.75, 3.05) is 0 Å². The van der Waals surface area contributed by atoms with Crippen LogP contribution >= 0.6 is 23.2 Å². The zero-order chi connectivity index (χ0) is 7.56. The predicted molar refractivity (Wildman–Crippen MR) is 43.5 cm³/mol. The first-order chi connectivity index (χ1) is 4.74. The lowest BCUT2D eigenvalue weighted by atomic mass is 10.3. The fraction of sp³-hybridized carbons (Fsp3) is 0.286. The summed E-state index contributed by atoms with van der Waals surface area (Å²) in [7, 11) is 0. The van der Waals surface area contributed by atoms with E-state index in [-0.39, 0.29) is 0 Å². The van der Waals surface area contributed by atoms with Gasteiger partial charge in [-0.15, -0.1) is 11.6 Å². The van der Waals surface area contributed by atoms with E-state index in [0.717, 1.165) is 11.3 Å². The Labute approximate surface area is 70.0 Å². The zero-order valence-corrected chi connectivity index (χ0v) is 7.08. The number of hydrogen-bond donors (Lipinski definition) is 0. The van der Waals surface area contributed by atoms with Crippen molar-refractivity contribution in [1.29, 1.82) is 0 Å². The average molecular weight is 176 g/mol. The molecule has 1 rings (SSSR count).